The van der Waals surface area contributed by atoms with E-state index in [1.54, 1.807) is 11.8 Å². The van der Waals surface area contributed by atoms with Gasteiger partial charge in [0, 0.05) is 6.54 Å². The average molecular weight is 212 g/mol. The quantitative estimate of drug-likeness (QED) is 0.751. The lowest BCUT2D eigenvalue weighted by Crippen LogP contribution is -2.62. The number of piperazine rings is 1. The van der Waals surface area contributed by atoms with Gasteiger partial charge < -0.3 is 10.2 Å². The molecule has 4 heteroatoms. The van der Waals surface area contributed by atoms with Gasteiger partial charge in [0.1, 0.15) is 12.1 Å². The van der Waals surface area contributed by atoms with E-state index in [2.05, 4.69) is 5.32 Å². The van der Waals surface area contributed by atoms with E-state index in [1.165, 1.54) is 0 Å². The third-order valence-corrected chi connectivity index (χ3v) is 2.79. The molecule has 0 aromatic heterocycles. The summed E-state index contributed by atoms with van der Waals surface area (Å²) in [6.45, 7) is 8.37. The summed E-state index contributed by atoms with van der Waals surface area (Å²) >= 11 is 0. The Bertz CT molecular complexity index is 263. The molecule has 0 saturated carbocycles. The molecule has 0 radical (unpaired) electrons. The van der Waals surface area contributed by atoms with E-state index >= 15 is 0 Å². The van der Waals surface area contributed by atoms with Crippen LogP contribution in [-0.2, 0) is 9.59 Å². The van der Waals surface area contributed by atoms with Gasteiger partial charge >= 0.3 is 0 Å². The zero-order valence-corrected chi connectivity index (χ0v) is 9.91. The molecule has 0 aliphatic carbocycles. The Hall–Kier alpha value is -1.06. The molecule has 4 nitrogen and oxygen atoms in total. The van der Waals surface area contributed by atoms with Crippen molar-refractivity contribution >= 4 is 11.8 Å². The highest BCUT2D eigenvalue weighted by atomic mass is 16.2. The molecular weight excluding hydrogens is 192 g/mol. The number of nitrogens with one attached hydrogen (secondary N) is 1. The van der Waals surface area contributed by atoms with Crippen molar-refractivity contribution in [2.45, 2.75) is 46.2 Å². The predicted molar refractivity (Wildman–Crippen MR) is 58.2 cm³/mol. The molecule has 1 aliphatic rings. The van der Waals surface area contributed by atoms with Gasteiger partial charge in [0.15, 0.2) is 0 Å². The Balaban J connectivity index is 2.76. The normalized spacial score (nSPS) is 27.1. The lowest BCUT2D eigenvalue weighted by molar-refractivity contribution is -0.148. The van der Waals surface area contributed by atoms with Gasteiger partial charge in [0.25, 0.3) is 0 Å². The van der Waals surface area contributed by atoms with Crippen LogP contribution in [0.3, 0.4) is 0 Å². The van der Waals surface area contributed by atoms with Crippen molar-refractivity contribution in [3.05, 3.63) is 0 Å². The summed E-state index contributed by atoms with van der Waals surface area (Å²) in [6.07, 6.45) is 0.716. The number of carbonyl (C=O) groups is 2. The molecule has 1 aliphatic heterocycles. The summed E-state index contributed by atoms with van der Waals surface area (Å²) < 4.78 is 0. The first kappa shape index (κ1) is 12.0. The van der Waals surface area contributed by atoms with Crippen LogP contribution in [0, 0.1) is 5.92 Å². The summed E-state index contributed by atoms with van der Waals surface area (Å²) in [6, 6.07) is -0.653. The van der Waals surface area contributed by atoms with Crippen LogP contribution < -0.4 is 5.32 Å². The second-order valence-corrected chi connectivity index (χ2v) is 4.49. The molecule has 1 saturated heterocycles. The summed E-state index contributed by atoms with van der Waals surface area (Å²) in [4.78, 5) is 25.2. The van der Waals surface area contributed by atoms with Crippen LogP contribution in [-0.4, -0.2) is 35.3 Å². The van der Waals surface area contributed by atoms with Gasteiger partial charge in [-0.1, -0.05) is 13.8 Å². The van der Waals surface area contributed by atoms with Gasteiger partial charge in [-0.2, -0.15) is 0 Å². The van der Waals surface area contributed by atoms with Gasteiger partial charge in [0.05, 0.1) is 0 Å². The maximum absolute atomic E-state index is 12.0. The smallest absolute Gasteiger partial charge is 0.245 e. The topological polar surface area (TPSA) is 49.4 Å². The molecule has 2 amide bonds. The van der Waals surface area contributed by atoms with Crippen molar-refractivity contribution in [3.63, 3.8) is 0 Å². The lowest BCUT2D eigenvalue weighted by atomic mass is 9.99. The molecule has 1 rings (SSSR count). The highest BCUT2D eigenvalue weighted by Gasteiger charge is 2.36. The Morgan fingerprint density at radius 1 is 1.40 bits per heavy atom. The van der Waals surface area contributed by atoms with Gasteiger partial charge in [-0.3, -0.25) is 9.59 Å². The Labute approximate surface area is 91.0 Å². The van der Waals surface area contributed by atoms with E-state index in [0.717, 1.165) is 0 Å². The van der Waals surface area contributed by atoms with Crippen LogP contribution >= 0.6 is 0 Å². The minimum atomic E-state index is -0.328. The molecule has 0 spiro atoms. The first-order valence-electron chi connectivity index (χ1n) is 5.58. The molecule has 0 aromatic carbocycles. The van der Waals surface area contributed by atoms with E-state index in [1.807, 2.05) is 20.8 Å². The third kappa shape index (κ3) is 2.49. The number of likely N-dealkylation sites (N-methyl/N-ethyl adjacent to an activating group) is 1. The van der Waals surface area contributed by atoms with E-state index in [-0.39, 0.29) is 23.9 Å². The number of hydrogen-bond acceptors (Lipinski definition) is 2. The second-order valence-electron chi connectivity index (χ2n) is 4.49. The fourth-order valence-electron chi connectivity index (χ4n) is 1.95. The van der Waals surface area contributed by atoms with Gasteiger partial charge in [0.2, 0.25) is 11.8 Å². The van der Waals surface area contributed by atoms with E-state index in [0.29, 0.717) is 18.9 Å². The molecule has 0 aromatic rings. The second kappa shape index (κ2) is 4.64. The van der Waals surface area contributed by atoms with Crippen molar-refractivity contribution in [2.75, 3.05) is 6.54 Å². The SMILES string of the molecule is CCN1C(=O)C(CC(C)C)NC(=O)C1C. The van der Waals surface area contributed by atoms with E-state index in [4.69, 9.17) is 0 Å². The molecule has 2 unspecified atom stereocenters. The molecule has 15 heavy (non-hydrogen) atoms. The van der Waals surface area contributed by atoms with Crippen molar-refractivity contribution < 1.29 is 9.59 Å². The Morgan fingerprint density at radius 2 is 2.00 bits per heavy atom. The number of hydrogen-bond donors (Lipinski definition) is 1. The molecule has 0 bridgehead atoms. The number of carbonyl (C=O) groups excluding carboxylic acids is 2. The highest BCUT2D eigenvalue weighted by Crippen LogP contribution is 2.14. The van der Waals surface area contributed by atoms with Gasteiger partial charge in [-0.25, -0.2) is 0 Å². The maximum atomic E-state index is 12.0. The fraction of sp³-hybridized carbons (Fsp3) is 0.818. The highest BCUT2D eigenvalue weighted by molar-refractivity contribution is 5.96. The van der Waals surface area contributed by atoms with Crippen LogP contribution in [0.1, 0.15) is 34.1 Å². The first-order chi connectivity index (χ1) is 6.97. The van der Waals surface area contributed by atoms with Crippen LogP contribution in [0.4, 0.5) is 0 Å². The first-order valence-corrected chi connectivity index (χ1v) is 5.58. The van der Waals surface area contributed by atoms with Crippen molar-refractivity contribution in [2.24, 2.45) is 5.92 Å². The standard InChI is InChI=1S/C11H20N2O2/c1-5-13-8(4)10(14)12-9(11(13)15)6-7(2)3/h7-9H,5-6H2,1-4H3,(H,12,14). The number of amides is 2. The summed E-state index contributed by atoms with van der Waals surface area (Å²) in [5.74, 6) is 0.423. The van der Waals surface area contributed by atoms with Crippen LogP contribution in [0.2, 0.25) is 0 Å². The summed E-state index contributed by atoms with van der Waals surface area (Å²) in [7, 11) is 0. The van der Waals surface area contributed by atoms with Gasteiger partial charge in [-0.15, -0.1) is 0 Å². The lowest BCUT2D eigenvalue weighted by Gasteiger charge is -2.37. The fourth-order valence-corrected chi connectivity index (χ4v) is 1.95. The third-order valence-electron chi connectivity index (χ3n) is 2.79. The average Bonchev–Trinajstić information content (AvgIpc) is 2.14. The largest absolute Gasteiger partial charge is 0.343 e. The van der Waals surface area contributed by atoms with E-state index < -0.39 is 0 Å². The Kier molecular flexibility index (Phi) is 3.72. The molecule has 86 valence electrons. The van der Waals surface area contributed by atoms with Crippen LogP contribution in [0.25, 0.3) is 0 Å². The minimum absolute atomic E-state index is 0.0397. The molecular formula is C11H20N2O2. The molecule has 1 heterocycles. The predicted octanol–water partition coefficient (Wildman–Crippen LogP) is 0.768. The monoisotopic (exact) mass is 212 g/mol. The number of nitrogens with zero attached hydrogens (tertiary/aromatic N) is 1. The zero-order valence-electron chi connectivity index (χ0n) is 9.91. The number of rotatable bonds is 3. The Morgan fingerprint density at radius 3 is 2.47 bits per heavy atom. The van der Waals surface area contributed by atoms with Crippen LogP contribution in [0.5, 0.6) is 0 Å². The molecule has 1 fully saturated rings. The van der Waals surface area contributed by atoms with Crippen molar-refractivity contribution in [1.29, 1.82) is 0 Å². The van der Waals surface area contributed by atoms with Crippen LogP contribution in [0.15, 0.2) is 0 Å². The molecule has 1 N–H and O–H groups in total. The van der Waals surface area contributed by atoms with E-state index in [9.17, 15) is 9.59 Å². The van der Waals surface area contributed by atoms with Gasteiger partial charge in [-0.05, 0) is 26.2 Å². The van der Waals surface area contributed by atoms with Crippen molar-refractivity contribution in [3.8, 4) is 0 Å². The van der Waals surface area contributed by atoms with Crippen molar-refractivity contribution in [1.82, 2.24) is 10.2 Å². The molecule has 2 atom stereocenters. The maximum Gasteiger partial charge on any atom is 0.245 e. The zero-order chi connectivity index (χ0) is 11.6. The summed E-state index contributed by atoms with van der Waals surface area (Å²) in [5, 5.41) is 2.78. The minimum Gasteiger partial charge on any atom is -0.343 e. The summed E-state index contributed by atoms with van der Waals surface area (Å²) in [5.41, 5.74) is 0.